The van der Waals surface area contributed by atoms with Crippen LogP contribution in [0.2, 0.25) is 0 Å². The van der Waals surface area contributed by atoms with E-state index in [2.05, 4.69) is 38.4 Å². The minimum atomic E-state index is -0.710. The first kappa shape index (κ1) is 24.5. The maximum atomic E-state index is 11.1. The van der Waals surface area contributed by atoms with Gasteiger partial charge >= 0.3 is 0 Å². The molecule has 2 N–H and O–H groups in total. The van der Waals surface area contributed by atoms with Crippen molar-refractivity contribution in [2.45, 2.75) is 31.1 Å². The van der Waals surface area contributed by atoms with Gasteiger partial charge in [-0.1, -0.05) is 18.2 Å². The van der Waals surface area contributed by atoms with E-state index in [1.807, 2.05) is 12.1 Å². The molecule has 9 nitrogen and oxygen atoms in total. The molecule has 5 rings (SSSR count). The molecular weight excluding hydrogens is 460 g/mol. The van der Waals surface area contributed by atoms with Crippen LogP contribution in [0, 0.1) is 0 Å². The second-order valence-corrected chi connectivity index (χ2v) is 8.99. The Balaban J connectivity index is 1.22. The summed E-state index contributed by atoms with van der Waals surface area (Å²) in [5, 5.41) is 14.7. The number of nitrogens with zero attached hydrogens (tertiary/aromatic N) is 3. The Kier molecular flexibility index (Phi) is 7.92. The van der Waals surface area contributed by atoms with Crippen LogP contribution in [0.4, 0.5) is 0 Å². The van der Waals surface area contributed by atoms with E-state index in [0.717, 1.165) is 36.2 Å². The molecule has 1 saturated heterocycles. The molecule has 2 aliphatic heterocycles. The molecule has 9 heteroatoms. The second kappa shape index (κ2) is 11.7. The average molecular weight is 493 g/mol. The Bertz CT molecular complexity index is 1180. The van der Waals surface area contributed by atoms with E-state index in [-0.39, 0.29) is 12.1 Å². The Morgan fingerprint density at radius 2 is 2.22 bits per heavy atom. The summed E-state index contributed by atoms with van der Waals surface area (Å²) in [6.07, 6.45) is 14.0. The van der Waals surface area contributed by atoms with Gasteiger partial charge in [0, 0.05) is 44.0 Å². The predicted molar refractivity (Wildman–Crippen MR) is 135 cm³/mol. The third kappa shape index (κ3) is 5.76. The molecular formula is C27H32N4O5. The summed E-state index contributed by atoms with van der Waals surface area (Å²) in [4.78, 5) is 11.1. The van der Waals surface area contributed by atoms with Gasteiger partial charge in [0.05, 0.1) is 43.0 Å². The first-order valence-electron chi connectivity index (χ1n) is 12.3. The van der Waals surface area contributed by atoms with E-state index in [0.29, 0.717) is 37.6 Å². The van der Waals surface area contributed by atoms with Crippen molar-refractivity contribution < 1.29 is 24.1 Å². The molecule has 0 amide bonds. The smallest absolute Gasteiger partial charge is 0.213 e. The number of morpholine rings is 1. The maximum Gasteiger partial charge on any atom is 0.213 e. The van der Waals surface area contributed by atoms with Crippen molar-refractivity contribution in [1.29, 1.82) is 0 Å². The van der Waals surface area contributed by atoms with Crippen LogP contribution in [0.1, 0.15) is 24.5 Å². The van der Waals surface area contributed by atoms with E-state index in [1.54, 1.807) is 31.9 Å². The molecule has 3 unspecified atom stereocenters. The van der Waals surface area contributed by atoms with E-state index < -0.39 is 6.10 Å². The van der Waals surface area contributed by atoms with Gasteiger partial charge in [-0.2, -0.15) is 0 Å². The topological polar surface area (TPSA) is 98.2 Å². The summed E-state index contributed by atoms with van der Waals surface area (Å²) >= 11 is 0. The molecule has 2 aromatic rings. The molecule has 0 spiro atoms. The number of ether oxygens (including phenoxy) is 4. The first-order chi connectivity index (χ1) is 17.7. The van der Waals surface area contributed by atoms with Gasteiger partial charge in [0.25, 0.3) is 0 Å². The highest BCUT2D eigenvalue weighted by Crippen LogP contribution is 2.26. The number of allylic oxidation sites excluding steroid dienone is 3. The van der Waals surface area contributed by atoms with Gasteiger partial charge in [0.15, 0.2) is 5.76 Å². The third-order valence-corrected chi connectivity index (χ3v) is 6.59. The lowest BCUT2D eigenvalue weighted by atomic mass is 9.96. The monoisotopic (exact) mass is 492 g/mol. The number of pyridine rings is 2. The lowest BCUT2D eigenvalue weighted by molar-refractivity contribution is -0.0400. The summed E-state index contributed by atoms with van der Waals surface area (Å²) < 4.78 is 22.4. The Morgan fingerprint density at radius 1 is 1.28 bits per heavy atom. The molecule has 190 valence electrons. The molecule has 0 aromatic carbocycles. The van der Waals surface area contributed by atoms with Crippen LogP contribution in [0.3, 0.4) is 0 Å². The van der Waals surface area contributed by atoms with Crippen LogP contribution < -0.4 is 10.1 Å². The van der Waals surface area contributed by atoms with Crippen molar-refractivity contribution >= 4 is 11.0 Å². The van der Waals surface area contributed by atoms with Crippen molar-refractivity contribution in [3.63, 3.8) is 0 Å². The number of rotatable bonds is 9. The number of nitrogens with one attached hydrogen (secondary N) is 1. The fourth-order valence-corrected chi connectivity index (χ4v) is 4.76. The van der Waals surface area contributed by atoms with Crippen LogP contribution in [0.25, 0.3) is 11.0 Å². The Morgan fingerprint density at radius 3 is 3.03 bits per heavy atom. The summed E-state index contributed by atoms with van der Waals surface area (Å²) in [6.45, 7) is 3.17. The van der Waals surface area contributed by atoms with Gasteiger partial charge in [-0.25, -0.2) is 4.98 Å². The summed E-state index contributed by atoms with van der Waals surface area (Å²) in [5.41, 5.74) is 3.38. The third-order valence-electron chi connectivity index (χ3n) is 6.59. The van der Waals surface area contributed by atoms with Gasteiger partial charge in [0.2, 0.25) is 5.88 Å². The van der Waals surface area contributed by atoms with Gasteiger partial charge in [0.1, 0.15) is 18.8 Å². The SMILES string of the molecule is COc1ccc2nccc(C(O)CN3CCOC(CNC(C4=CC=CCC4)C4=COC=CO4)C3)c2n1. The van der Waals surface area contributed by atoms with Crippen molar-refractivity contribution in [3.05, 3.63) is 78.3 Å². The summed E-state index contributed by atoms with van der Waals surface area (Å²) in [6, 6.07) is 5.36. The number of hydrogen-bond donors (Lipinski definition) is 2. The van der Waals surface area contributed by atoms with Crippen LogP contribution in [0.15, 0.2) is 72.7 Å². The zero-order valence-corrected chi connectivity index (χ0v) is 20.4. The number of methoxy groups -OCH3 is 1. The van der Waals surface area contributed by atoms with E-state index in [1.165, 1.54) is 11.8 Å². The number of aliphatic hydroxyl groups is 1. The molecule has 3 atom stereocenters. The molecule has 2 aromatic heterocycles. The molecule has 0 saturated carbocycles. The molecule has 0 bridgehead atoms. The number of hydrogen-bond acceptors (Lipinski definition) is 9. The largest absolute Gasteiger partial charge is 0.481 e. The van der Waals surface area contributed by atoms with E-state index >= 15 is 0 Å². The summed E-state index contributed by atoms with van der Waals surface area (Å²) in [7, 11) is 1.58. The normalized spacial score (nSPS) is 21.8. The maximum absolute atomic E-state index is 11.1. The predicted octanol–water partition coefficient (Wildman–Crippen LogP) is 2.97. The molecule has 36 heavy (non-hydrogen) atoms. The summed E-state index contributed by atoms with van der Waals surface area (Å²) in [5.74, 6) is 1.23. The van der Waals surface area contributed by atoms with E-state index in [4.69, 9.17) is 18.9 Å². The number of aromatic nitrogens is 2. The minimum Gasteiger partial charge on any atom is -0.481 e. The molecule has 3 aliphatic rings. The average Bonchev–Trinajstić information content (AvgIpc) is 2.94. The zero-order chi connectivity index (χ0) is 24.7. The molecule has 1 aliphatic carbocycles. The highest BCUT2D eigenvalue weighted by Gasteiger charge is 2.27. The van der Waals surface area contributed by atoms with Gasteiger partial charge in [-0.15, -0.1) is 0 Å². The lowest BCUT2D eigenvalue weighted by Crippen LogP contribution is -2.49. The molecule has 4 heterocycles. The number of β-amino-alcohol motifs (C(OH)–C–C–N with tert-alkyl or cyclic N) is 1. The lowest BCUT2D eigenvalue weighted by Gasteiger charge is -2.35. The van der Waals surface area contributed by atoms with Crippen molar-refractivity contribution in [2.75, 3.05) is 39.9 Å². The van der Waals surface area contributed by atoms with Crippen molar-refractivity contribution in [1.82, 2.24) is 20.2 Å². The zero-order valence-electron chi connectivity index (χ0n) is 20.4. The van der Waals surface area contributed by atoms with Crippen LogP contribution in [-0.4, -0.2) is 72.0 Å². The Hall–Kier alpha value is -3.24. The van der Waals surface area contributed by atoms with Crippen molar-refractivity contribution in [2.24, 2.45) is 0 Å². The quantitative estimate of drug-likeness (QED) is 0.547. The standard InChI is InChI=1S/C27H32N4O5/c1-33-25-8-7-22-27(30-25)21(9-10-28-22)23(32)17-31-11-12-35-20(16-31)15-29-26(19-5-3-2-4-6-19)24-18-34-13-14-36-24/h2-3,5,7-10,13-14,18,20,23,26,29,32H,4,6,11-12,15-17H2,1H3. The number of fused-ring (bicyclic) bond motifs is 1. The highest BCUT2D eigenvalue weighted by molar-refractivity contribution is 5.78. The van der Waals surface area contributed by atoms with Crippen LogP contribution in [0.5, 0.6) is 5.88 Å². The van der Waals surface area contributed by atoms with Gasteiger partial charge in [-0.05, 0) is 30.5 Å². The fraction of sp³-hybridized carbons (Fsp3) is 0.407. The first-order valence-corrected chi connectivity index (χ1v) is 12.3. The van der Waals surface area contributed by atoms with Crippen molar-refractivity contribution in [3.8, 4) is 5.88 Å². The Labute approximate surface area is 210 Å². The number of aliphatic hydroxyl groups excluding tert-OH is 1. The van der Waals surface area contributed by atoms with Crippen LogP contribution in [-0.2, 0) is 14.2 Å². The van der Waals surface area contributed by atoms with Crippen LogP contribution >= 0.6 is 0 Å². The fourth-order valence-electron chi connectivity index (χ4n) is 4.76. The van der Waals surface area contributed by atoms with E-state index in [9.17, 15) is 5.11 Å². The highest BCUT2D eigenvalue weighted by atomic mass is 16.5. The molecule has 0 radical (unpaired) electrons. The second-order valence-electron chi connectivity index (χ2n) is 8.99. The van der Waals surface area contributed by atoms with Gasteiger partial charge in [-0.3, -0.25) is 9.88 Å². The minimum absolute atomic E-state index is 0.0266. The van der Waals surface area contributed by atoms with Gasteiger partial charge < -0.3 is 29.4 Å². The molecule has 1 fully saturated rings.